The van der Waals surface area contributed by atoms with E-state index in [0.29, 0.717) is 0 Å². The molecule has 71 valence electrons. The van der Waals surface area contributed by atoms with Crippen LogP contribution in [0.5, 0.6) is 0 Å². The maximum Gasteiger partial charge on any atom is -0.0133 e. The van der Waals surface area contributed by atoms with E-state index in [1.807, 2.05) is 0 Å². The van der Waals surface area contributed by atoms with E-state index in [1.54, 1.807) is 0 Å². The molecule has 0 aromatic rings. The second-order valence-electron chi connectivity index (χ2n) is 3.35. The zero-order valence-corrected chi connectivity index (χ0v) is 8.28. The third kappa shape index (κ3) is 6.39. The fourth-order valence-corrected chi connectivity index (χ4v) is 1.35. The lowest BCUT2D eigenvalue weighted by Crippen LogP contribution is -1.70. The molecule has 1 radical (unpaired) electrons. The van der Waals surface area contributed by atoms with Crippen LogP contribution in [0.15, 0.2) is 36.5 Å². The highest BCUT2D eigenvalue weighted by Crippen LogP contribution is 2.03. The summed E-state index contributed by atoms with van der Waals surface area (Å²) in [6, 6.07) is 0. The second kappa shape index (κ2) is 7.85. The number of allylic oxidation sites excluding steroid dienone is 6. The van der Waals surface area contributed by atoms with Gasteiger partial charge in [-0.25, -0.2) is 0 Å². The maximum atomic E-state index is 2.31. The van der Waals surface area contributed by atoms with Crippen LogP contribution in [0.25, 0.3) is 0 Å². The second-order valence-corrected chi connectivity index (χ2v) is 3.35. The van der Waals surface area contributed by atoms with Crippen molar-refractivity contribution < 1.29 is 0 Å². The molecule has 0 bridgehead atoms. The average Bonchev–Trinajstić information content (AvgIpc) is 2.18. The fraction of sp³-hybridized carbons (Fsp3) is 0.462. The highest BCUT2D eigenvalue weighted by Gasteiger charge is 1.84. The molecule has 1 aliphatic rings. The Balaban J connectivity index is 2.27. The molecule has 0 atom stereocenters. The van der Waals surface area contributed by atoms with Gasteiger partial charge in [0.25, 0.3) is 0 Å². The Kier molecular flexibility index (Phi) is 6.22. The van der Waals surface area contributed by atoms with Crippen molar-refractivity contribution in [2.75, 3.05) is 0 Å². The van der Waals surface area contributed by atoms with Crippen LogP contribution in [-0.2, 0) is 0 Å². The van der Waals surface area contributed by atoms with Crippen LogP contribution >= 0.6 is 0 Å². The van der Waals surface area contributed by atoms with E-state index in [2.05, 4.69) is 42.9 Å². The van der Waals surface area contributed by atoms with Gasteiger partial charge < -0.3 is 0 Å². The highest BCUT2D eigenvalue weighted by molar-refractivity contribution is 5.00. The van der Waals surface area contributed by atoms with Gasteiger partial charge in [0, 0.05) is 0 Å². The summed E-state index contributed by atoms with van der Waals surface area (Å²) in [6.45, 7) is 0. The van der Waals surface area contributed by atoms with Crippen molar-refractivity contribution in [1.29, 1.82) is 0 Å². The van der Waals surface area contributed by atoms with Crippen LogP contribution in [0.4, 0.5) is 0 Å². The van der Waals surface area contributed by atoms with Crippen molar-refractivity contribution in [3.63, 3.8) is 0 Å². The van der Waals surface area contributed by atoms with E-state index < -0.39 is 0 Å². The Morgan fingerprint density at radius 3 is 2.23 bits per heavy atom. The molecule has 1 rings (SSSR count). The van der Waals surface area contributed by atoms with Crippen LogP contribution < -0.4 is 0 Å². The normalized spacial score (nSPS) is 27.7. The SMILES string of the molecule is [CH]1/C=C/CCC/C=C\CC/C=C/C1. The van der Waals surface area contributed by atoms with Gasteiger partial charge >= 0.3 is 0 Å². The van der Waals surface area contributed by atoms with Gasteiger partial charge in [-0.3, -0.25) is 0 Å². The first-order valence-corrected chi connectivity index (χ1v) is 5.28. The Bertz CT molecular complexity index is 164. The van der Waals surface area contributed by atoms with Gasteiger partial charge in [-0.1, -0.05) is 36.5 Å². The van der Waals surface area contributed by atoms with Gasteiger partial charge in [-0.05, 0) is 44.9 Å². The van der Waals surface area contributed by atoms with Gasteiger partial charge in [-0.15, -0.1) is 0 Å². The largest absolute Gasteiger partial charge is 0.0885 e. The minimum Gasteiger partial charge on any atom is -0.0885 e. The molecule has 0 saturated carbocycles. The molecule has 0 heterocycles. The van der Waals surface area contributed by atoms with Gasteiger partial charge in [0.05, 0.1) is 0 Å². The molecule has 13 heavy (non-hydrogen) atoms. The predicted molar refractivity (Wildman–Crippen MR) is 59.4 cm³/mol. The fourth-order valence-electron chi connectivity index (χ4n) is 1.35. The summed E-state index contributed by atoms with van der Waals surface area (Å²) in [7, 11) is 0. The van der Waals surface area contributed by atoms with Crippen LogP contribution in [0, 0.1) is 6.42 Å². The van der Waals surface area contributed by atoms with Crippen LogP contribution in [-0.4, -0.2) is 0 Å². The molecule has 0 aliphatic heterocycles. The molecular weight excluding hydrogens is 156 g/mol. The third-order valence-electron chi connectivity index (χ3n) is 2.12. The molecule has 0 aromatic carbocycles. The van der Waals surface area contributed by atoms with Gasteiger partial charge in [-0.2, -0.15) is 0 Å². The summed E-state index contributed by atoms with van der Waals surface area (Å²) in [4.78, 5) is 0. The summed E-state index contributed by atoms with van der Waals surface area (Å²) in [5.41, 5.74) is 0. The average molecular weight is 175 g/mol. The Hall–Kier alpha value is -0.780. The van der Waals surface area contributed by atoms with Gasteiger partial charge in [0.2, 0.25) is 0 Å². The van der Waals surface area contributed by atoms with Crippen LogP contribution in [0.3, 0.4) is 0 Å². The van der Waals surface area contributed by atoms with E-state index in [-0.39, 0.29) is 0 Å². The molecule has 0 unspecified atom stereocenters. The van der Waals surface area contributed by atoms with Crippen LogP contribution in [0.2, 0.25) is 0 Å². The number of hydrogen-bond acceptors (Lipinski definition) is 0. The lowest BCUT2D eigenvalue weighted by molar-refractivity contribution is 0.862. The quantitative estimate of drug-likeness (QED) is 0.484. The summed E-state index contributed by atoms with van der Waals surface area (Å²) >= 11 is 0. The van der Waals surface area contributed by atoms with Crippen LogP contribution in [0.1, 0.15) is 38.5 Å². The Labute approximate surface area is 82.0 Å². The van der Waals surface area contributed by atoms with Crippen molar-refractivity contribution in [3.05, 3.63) is 42.9 Å². The molecular formula is C13H19. The first-order valence-electron chi connectivity index (χ1n) is 5.28. The van der Waals surface area contributed by atoms with Crippen molar-refractivity contribution in [2.45, 2.75) is 38.5 Å². The third-order valence-corrected chi connectivity index (χ3v) is 2.12. The number of hydrogen-bond donors (Lipinski definition) is 0. The lowest BCUT2D eigenvalue weighted by atomic mass is 10.2. The molecule has 0 heteroatoms. The van der Waals surface area contributed by atoms with Crippen molar-refractivity contribution >= 4 is 0 Å². The summed E-state index contributed by atoms with van der Waals surface area (Å²) in [6.07, 6.45) is 23.0. The van der Waals surface area contributed by atoms with Gasteiger partial charge in [0.1, 0.15) is 0 Å². The Morgan fingerprint density at radius 1 is 0.615 bits per heavy atom. The molecule has 0 N–H and O–H groups in total. The molecule has 0 fully saturated rings. The molecule has 0 saturated heterocycles. The molecule has 1 aliphatic carbocycles. The van der Waals surface area contributed by atoms with E-state index in [1.165, 1.54) is 32.1 Å². The predicted octanol–water partition coefficient (Wildman–Crippen LogP) is 4.21. The van der Waals surface area contributed by atoms with E-state index in [4.69, 9.17) is 0 Å². The lowest BCUT2D eigenvalue weighted by Gasteiger charge is -1.89. The summed E-state index contributed by atoms with van der Waals surface area (Å²) in [5.74, 6) is 0. The highest BCUT2D eigenvalue weighted by atomic mass is 13.9. The van der Waals surface area contributed by atoms with E-state index in [9.17, 15) is 0 Å². The monoisotopic (exact) mass is 175 g/mol. The van der Waals surface area contributed by atoms with E-state index >= 15 is 0 Å². The molecule has 0 nitrogen and oxygen atoms in total. The zero-order chi connectivity index (χ0) is 9.19. The first-order chi connectivity index (χ1) is 6.50. The Morgan fingerprint density at radius 2 is 1.31 bits per heavy atom. The molecule has 0 spiro atoms. The minimum absolute atomic E-state index is 1.08. The first kappa shape index (κ1) is 10.3. The standard InChI is InChI=1S/C13H19/c1-2-4-6-8-10-12-13-11-9-7-5-3-1/h1-3,6,8,11,13H,4-5,7,9-10,12H2/b3-1+,8-6+,13-11-. The smallest absolute Gasteiger partial charge is 0.0133 e. The summed E-state index contributed by atoms with van der Waals surface area (Å²) < 4.78 is 0. The zero-order valence-electron chi connectivity index (χ0n) is 8.28. The van der Waals surface area contributed by atoms with Crippen molar-refractivity contribution in [1.82, 2.24) is 0 Å². The molecule has 0 amide bonds. The van der Waals surface area contributed by atoms with Gasteiger partial charge in [0.15, 0.2) is 0 Å². The van der Waals surface area contributed by atoms with Crippen molar-refractivity contribution in [3.8, 4) is 0 Å². The minimum atomic E-state index is 1.08. The van der Waals surface area contributed by atoms with E-state index in [0.717, 1.165) is 6.42 Å². The molecule has 0 aromatic heterocycles. The van der Waals surface area contributed by atoms with Crippen molar-refractivity contribution in [2.24, 2.45) is 0 Å². The topological polar surface area (TPSA) is 0 Å². The summed E-state index contributed by atoms with van der Waals surface area (Å²) in [5, 5.41) is 0. The number of rotatable bonds is 0. The maximum absolute atomic E-state index is 2.31.